The zero-order chi connectivity index (χ0) is 33.7. The monoisotopic (exact) mass is 646 g/mol. The van der Waals surface area contributed by atoms with Crippen molar-refractivity contribution in [3.63, 3.8) is 0 Å². The molecule has 2 heterocycles. The minimum absolute atomic E-state index is 0.320. The summed E-state index contributed by atoms with van der Waals surface area (Å²) < 4.78 is 3.99. The third-order valence-corrected chi connectivity index (χ3v) is 9.48. The Morgan fingerprint density at radius 3 is 2.02 bits per heavy atom. The second kappa shape index (κ2) is 14.2. The van der Waals surface area contributed by atoms with Crippen LogP contribution in [0.1, 0.15) is 43.7 Å². The number of nitrogens with one attached hydrogen (secondary N) is 1. The smallest absolute Gasteiger partial charge is 0.328 e. The topological polar surface area (TPSA) is 63.0 Å². The van der Waals surface area contributed by atoms with E-state index < -0.39 is 0 Å². The van der Waals surface area contributed by atoms with Crippen LogP contribution in [0.2, 0.25) is 0 Å². The molecule has 7 rings (SSSR count). The van der Waals surface area contributed by atoms with E-state index in [-0.39, 0.29) is 11.2 Å². The predicted octanol–water partition coefficient (Wildman–Crippen LogP) is 9.91. The van der Waals surface area contributed by atoms with Crippen LogP contribution in [0.4, 0.5) is 17.1 Å². The van der Waals surface area contributed by atoms with Crippen LogP contribution >= 0.6 is 0 Å². The number of para-hydroxylation sites is 2. The summed E-state index contributed by atoms with van der Waals surface area (Å²) in [5.41, 5.74) is 9.42. The number of aromatic nitrogens is 3. The Bertz CT molecular complexity index is 2310. The molecule has 7 aromatic rings. The van der Waals surface area contributed by atoms with Gasteiger partial charge in [-0.25, -0.2) is 4.79 Å². The SMILES string of the molecule is CCCCc1ccc(N(c2ccccc2)c2ccc(-c3ccc4c(c3)c3ccccc3n4CCCCn3cc(C)c(=O)[nH]c3=O)cc2)cc1. The van der Waals surface area contributed by atoms with E-state index in [1.165, 1.54) is 51.3 Å². The Morgan fingerprint density at radius 2 is 1.27 bits per heavy atom. The number of hydrogen-bond donors (Lipinski definition) is 1. The van der Waals surface area contributed by atoms with Crippen LogP contribution in [0.25, 0.3) is 32.9 Å². The lowest BCUT2D eigenvalue weighted by Gasteiger charge is -2.26. The largest absolute Gasteiger partial charge is 0.340 e. The van der Waals surface area contributed by atoms with Crippen LogP contribution in [-0.4, -0.2) is 14.1 Å². The fourth-order valence-corrected chi connectivity index (χ4v) is 6.83. The molecule has 1 N–H and O–H groups in total. The van der Waals surface area contributed by atoms with Gasteiger partial charge in [0.25, 0.3) is 5.56 Å². The maximum Gasteiger partial charge on any atom is 0.328 e. The third-order valence-electron chi connectivity index (χ3n) is 9.48. The standard InChI is InChI=1S/C43H42N4O2/c1-3-4-12-32-17-22-36(23-18-32)47(35-13-6-5-7-14-35)37-24-19-33(20-25-37)34-21-26-41-39(29-34)38-15-8-9-16-40(38)46(41)28-11-10-27-45-30-31(2)42(48)44-43(45)49/h5-9,13-26,29-30H,3-4,10-12,27-28H2,1-2H3,(H,44,48,49). The van der Waals surface area contributed by atoms with Gasteiger partial charge in [-0.3, -0.25) is 9.78 Å². The molecule has 0 saturated heterocycles. The van der Waals surface area contributed by atoms with E-state index in [4.69, 9.17) is 0 Å². The fraction of sp³-hybridized carbons (Fsp3) is 0.209. The minimum atomic E-state index is -0.350. The first kappa shape index (κ1) is 32.0. The lowest BCUT2D eigenvalue weighted by atomic mass is 10.0. The Hall–Kier alpha value is -5.62. The lowest BCUT2D eigenvalue weighted by Crippen LogP contribution is -2.30. The molecule has 0 amide bonds. The van der Waals surface area contributed by atoms with Crippen LogP contribution in [0, 0.1) is 6.92 Å². The summed E-state index contributed by atoms with van der Waals surface area (Å²) in [4.78, 5) is 28.7. The number of fused-ring (bicyclic) bond motifs is 3. The van der Waals surface area contributed by atoms with E-state index in [0.717, 1.165) is 42.9 Å². The molecule has 0 radical (unpaired) electrons. The molecule has 2 aromatic heterocycles. The summed E-state index contributed by atoms with van der Waals surface area (Å²) in [5, 5.41) is 2.47. The first-order chi connectivity index (χ1) is 24.0. The quantitative estimate of drug-likeness (QED) is 0.134. The molecule has 0 aliphatic carbocycles. The van der Waals surface area contributed by atoms with Gasteiger partial charge in [0.15, 0.2) is 0 Å². The summed E-state index contributed by atoms with van der Waals surface area (Å²) >= 11 is 0. The van der Waals surface area contributed by atoms with E-state index in [1.54, 1.807) is 17.7 Å². The second-order valence-corrected chi connectivity index (χ2v) is 12.9. The molecular formula is C43H42N4O2. The van der Waals surface area contributed by atoms with Crippen molar-refractivity contribution in [1.29, 1.82) is 0 Å². The molecule has 0 atom stereocenters. The molecule has 0 bridgehead atoms. The summed E-state index contributed by atoms with van der Waals surface area (Å²) in [6.45, 7) is 5.37. The Morgan fingerprint density at radius 1 is 0.633 bits per heavy atom. The van der Waals surface area contributed by atoms with Gasteiger partial charge in [-0.15, -0.1) is 0 Å². The lowest BCUT2D eigenvalue weighted by molar-refractivity contribution is 0.546. The summed E-state index contributed by atoms with van der Waals surface area (Å²) in [7, 11) is 0. The van der Waals surface area contributed by atoms with E-state index in [1.807, 2.05) is 0 Å². The highest BCUT2D eigenvalue weighted by atomic mass is 16.2. The molecule has 6 nitrogen and oxygen atoms in total. The van der Waals surface area contributed by atoms with Crippen molar-refractivity contribution in [3.8, 4) is 11.1 Å². The van der Waals surface area contributed by atoms with Crippen molar-refractivity contribution < 1.29 is 0 Å². The second-order valence-electron chi connectivity index (χ2n) is 12.9. The number of hydrogen-bond acceptors (Lipinski definition) is 3. The van der Waals surface area contributed by atoms with Crippen molar-refractivity contribution in [2.24, 2.45) is 0 Å². The summed E-state index contributed by atoms with van der Waals surface area (Å²) in [6.07, 6.45) is 6.90. The molecular weight excluding hydrogens is 604 g/mol. The zero-order valence-electron chi connectivity index (χ0n) is 28.2. The van der Waals surface area contributed by atoms with Crippen molar-refractivity contribution in [2.75, 3.05) is 4.90 Å². The van der Waals surface area contributed by atoms with Crippen LogP contribution in [0.3, 0.4) is 0 Å². The fourth-order valence-electron chi connectivity index (χ4n) is 6.83. The van der Waals surface area contributed by atoms with Gasteiger partial charge in [0.05, 0.1) is 0 Å². The normalized spacial score (nSPS) is 11.4. The molecule has 0 unspecified atom stereocenters. The number of H-pyrrole nitrogens is 1. The molecule has 0 saturated carbocycles. The number of unbranched alkanes of at least 4 members (excludes halogenated alkanes) is 2. The Kier molecular flexibility index (Phi) is 9.29. The van der Waals surface area contributed by atoms with E-state index >= 15 is 0 Å². The van der Waals surface area contributed by atoms with Crippen molar-refractivity contribution >= 4 is 38.9 Å². The molecule has 0 spiro atoms. The predicted molar refractivity (Wildman–Crippen MR) is 203 cm³/mol. The molecule has 246 valence electrons. The highest BCUT2D eigenvalue weighted by Gasteiger charge is 2.15. The van der Waals surface area contributed by atoms with Crippen LogP contribution < -0.4 is 16.1 Å². The summed E-state index contributed by atoms with van der Waals surface area (Å²) in [5.74, 6) is 0. The van der Waals surface area contributed by atoms with E-state index in [0.29, 0.717) is 12.1 Å². The van der Waals surface area contributed by atoms with Gasteiger partial charge >= 0.3 is 5.69 Å². The highest BCUT2D eigenvalue weighted by molar-refractivity contribution is 6.09. The molecule has 0 fully saturated rings. The van der Waals surface area contributed by atoms with Gasteiger partial charge in [0, 0.05) is 63.7 Å². The molecule has 49 heavy (non-hydrogen) atoms. The van der Waals surface area contributed by atoms with Crippen LogP contribution in [0.15, 0.2) is 137 Å². The number of anilines is 3. The average molecular weight is 647 g/mol. The van der Waals surface area contributed by atoms with Gasteiger partial charge in [0.2, 0.25) is 0 Å². The average Bonchev–Trinajstić information content (AvgIpc) is 3.45. The van der Waals surface area contributed by atoms with Crippen molar-refractivity contribution in [2.45, 2.75) is 59.0 Å². The Balaban J connectivity index is 1.15. The van der Waals surface area contributed by atoms with E-state index in [2.05, 4.69) is 143 Å². The maximum absolute atomic E-state index is 12.2. The number of benzene rings is 5. The van der Waals surface area contributed by atoms with E-state index in [9.17, 15) is 9.59 Å². The molecule has 0 aliphatic rings. The maximum atomic E-state index is 12.2. The van der Waals surface area contributed by atoms with Gasteiger partial charge < -0.3 is 14.0 Å². The summed E-state index contributed by atoms with van der Waals surface area (Å²) in [6, 6.07) is 43.8. The van der Waals surface area contributed by atoms with Gasteiger partial charge in [-0.1, -0.05) is 80.1 Å². The minimum Gasteiger partial charge on any atom is -0.340 e. The number of aryl methyl sites for hydroxylation is 4. The van der Waals surface area contributed by atoms with Crippen molar-refractivity contribution in [1.82, 2.24) is 14.1 Å². The Labute approximate surface area is 286 Å². The van der Waals surface area contributed by atoms with Crippen LogP contribution in [-0.2, 0) is 19.5 Å². The zero-order valence-corrected chi connectivity index (χ0v) is 28.2. The molecule has 0 aliphatic heterocycles. The highest BCUT2D eigenvalue weighted by Crippen LogP contribution is 2.37. The first-order valence-electron chi connectivity index (χ1n) is 17.4. The van der Waals surface area contributed by atoms with Crippen LogP contribution in [0.5, 0.6) is 0 Å². The number of nitrogens with zero attached hydrogens (tertiary/aromatic N) is 3. The number of aromatic amines is 1. The number of rotatable bonds is 12. The molecule has 6 heteroatoms. The van der Waals surface area contributed by atoms with Gasteiger partial charge in [-0.05, 0) is 104 Å². The van der Waals surface area contributed by atoms with Gasteiger partial charge in [-0.2, -0.15) is 0 Å². The third kappa shape index (κ3) is 6.72. The first-order valence-corrected chi connectivity index (χ1v) is 17.4. The van der Waals surface area contributed by atoms with Crippen molar-refractivity contribution in [3.05, 3.63) is 159 Å². The van der Waals surface area contributed by atoms with Gasteiger partial charge in [0.1, 0.15) is 0 Å². The molecule has 5 aromatic carbocycles.